The van der Waals surface area contributed by atoms with E-state index in [-0.39, 0.29) is 6.04 Å². The molecule has 164 valence electrons. The van der Waals surface area contributed by atoms with E-state index in [0.717, 1.165) is 22.8 Å². The van der Waals surface area contributed by atoms with Gasteiger partial charge in [-0.2, -0.15) is 0 Å². The van der Waals surface area contributed by atoms with Crippen LogP contribution in [0.1, 0.15) is 56.3 Å². The molecule has 1 amide bonds. The van der Waals surface area contributed by atoms with Crippen LogP contribution in [-0.4, -0.2) is 39.2 Å². The fourth-order valence-electron chi connectivity index (χ4n) is 3.55. The first-order valence-corrected chi connectivity index (χ1v) is 11.3. The number of ether oxygens (including phenoxy) is 2. The van der Waals surface area contributed by atoms with Crippen LogP contribution in [0.25, 0.3) is 10.4 Å². The maximum atomic E-state index is 12.1. The normalized spacial score (nSPS) is 14.9. The molecule has 0 N–H and O–H groups in total. The summed E-state index contributed by atoms with van der Waals surface area (Å²) in [6.07, 6.45) is 8.16. The van der Waals surface area contributed by atoms with E-state index in [0.29, 0.717) is 17.2 Å². The molecule has 1 aliphatic rings. The van der Waals surface area contributed by atoms with Gasteiger partial charge in [-0.15, -0.1) is 11.3 Å². The molecule has 0 radical (unpaired) electrons. The van der Waals surface area contributed by atoms with Gasteiger partial charge in [0.25, 0.3) is 0 Å². The van der Waals surface area contributed by atoms with Gasteiger partial charge in [-0.1, -0.05) is 69.4 Å². The summed E-state index contributed by atoms with van der Waals surface area (Å²) >= 11 is 1.38. The van der Waals surface area contributed by atoms with Crippen LogP contribution in [0, 0.1) is 5.92 Å². The second-order valence-electron chi connectivity index (χ2n) is 7.75. The summed E-state index contributed by atoms with van der Waals surface area (Å²) in [6, 6.07) is 11.3. The van der Waals surface area contributed by atoms with Gasteiger partial charge in [0.2, 0.25) is 6.41 Å². The largest absolute Gasteiger partial charge is 0.465 e. The van der Waals surface area contributed by atoms with Crippen LogP contribution in [0.3, 0.4) is 0 Å². The summed E-state index contributed by atoms with van der Waals surface area (Å²) < 4.78 is 9.97. The first-order chi connectivity index (χ1) is 14.5. The van der Waals surface area contributed by atoms with E-state index < -0.39 is 5.97 Å². The zero-order valence-corrected chi connectivity index (χ0v) is 19.2. The molecule has 1 aromatic heterocycles. The standard InChI is InChI=1S/C17H19NO4S.C7H14/c1-12(10-21-2)18(11-19)16-14(17(20)22-3)9-15(23-16)13-7-5-4-6-8-13;1-7-5-3-2-4-6-7/h4-9,11-12H,10H2,1-3H3;7H,2-6H2,1H3. The Kier molecular flexibility index (Phi) is 10.0. The SMILES string of the molecule is CC1CCCCC1.COCC(C)N(C=O)c1sc(-c2ccccc2)cc1C(=O)OC. The van der Waals surface area contributed by atoms with Crippen LogP contribution < -0.4 is 4.90 Å². The molecule has 0 bridgehead atoms. The van der Waals surface area contributed by atoms with Crippen molar-refractivity contribution in [1.29, 1.82) is 0 Å². The van der Waals surface area contributed by atoms with Crippen LogP contribution in [-0.2, 0) is 14.3 Å². The number of thiophene rings is 1. The molecule has 5 nitrogen and oxygen atoms in total. The number of methoxy groups -OCH3 is 2. The molecule has 0 aliphatic heterocycles. The Labute approximate surface area is 184 Å². The van der Waals surface area contributed by atoms with E-state index in [9.17, 15) is 9.59 Å². The second-order valence-corrected chi connectivity index (χ2v) is 8.78. The van der Waals surface area contributed by atoms with Crippen LogP contribution >= 0.6 is 11.3 Å². The van der Waals surface area contributed by atoms with Crippen molar-refractivity contribution < 1.29 is 19.1 Å². The van der Waals surface area contributed by atoms with Crippen LogP contribution in [0.4, 0.5) is 5.00 Å². The number of anilines is 1. The van der Waals surface area contributed by atoms with Gasteiger partial charge in [0.1, 0.15) is 5.00 Å². The Balaban J connectivity index is 0.000000386. The second kappa shape index (κ2) is 12.5. The third-order valence-electron chi connectivity index (χ3n) is 5.30. The Hall–Kier alpha value is -2.18. The van der Waals surface area contributed by atoms with E-state index >= 15 is 0 Å². The predicted octanol–water partition coefficient (Wildman–Crippen LogP) is 5.79. The van der Waals surface area contributed by atoms with Gasteiger partial charge in [0.05, 0.1) is 25.3 Å². The van der Waals surface area contributed by atoms with Gasteiger partial charge in [0, 0.05) is 12.0 Å². The Morgan fingerprint density at radius 1 is 1.20 bits per heavy atom. The van der Waals surface area contributed by atoms with Gasteiger partial charge >= 0.3 is 5.97 Å². The molecular weight excluding hydrogens is 398 g/mol. The number of hydrogen-bond acceptors (Lipinski definition) is 5. The van der Waals surface area contributed by atoms with E-state index in [2.05, 4.69) is 6.92 Å². The lowest BCUT2D eigenvalue weighted by atomic mass is 9.91. The quantitative estimate of drug-likeness (QED) is 0.411. The number of carbonyl (C=O) groups excluding carboxylic acids is 2. The molecule has 3 rings (SSSR count). The Morgan fingerprint density at radius 3 is 2.37 bits per heavy atom. The maximum Gasteiger partial charge on any atom is 0.340 e. The lowest BCUT2D eigenvalue weighted by Crippen LogP contribution is -2.35. The van der Waals surface area contributed by atoms with Crippen molar-refractivity contribution in [3.8, 4) is 10.4 Å². The minimum atomic E-state index is -0.463. The maximum absolute atomic E-state index is 12.1. The monoisotopic (exact) mass is 431 g/mol. The number of nitrogens with zero attached hydrogens (tertiary/aromatic N) is 1. The minimum absolute atomic E-state index is 0.192. The molecule has 6 heteroatoms. The van der Waals surface area contributed by atoms with Crippen molar-refractivity contribution in [2.45, 2.75) is 52.0 Å². The topological polar surface area (TPSA) is 55.8 Å². The molecule has 1 unspecified atom stereocenters. The number of benzene rings is 1. The number of hydrogen-bond donors (Lipinski definition) is 0. The minimum Gasteiger partial charge on any atom is -0.465 e. The molecule has 1 aliphatic carbocycles. The summed E-state index contributed by atoms with van der Waals surface area (Å²) in [6.45, 7) is 4.60. The molecule has 1 saturated carbocycles. The van der Waals surface area contributed by atoms with Gasteiger partial charge < -0.3 is 14.4 Å². The highest BCUT2D eigenvalue weighted by molar-refractivity contribution is 7.20. The molecule has 1 fully saturated rings. The van der Waals surface area contributed by atoms with Crippen LogP contribution in [0.2, 0.25) is 0 Å². The smallest absolute Gasteiger partial charge is 0.340 e. The van der Waals surface area contributed by atoms with Gasteiger partial charge in [-0.25, -0.2) is 4.79 Å². The zero-order valence-electron chi connectivity index (χ0n) is 18.4. The van der Waals surface area contributed by atoms with Gasteiger partial charge in [-0.05, 0) is 24.5 Å². The lowest BCUT2D eigenvalue weighted by molar-refractivity contribution is -0.108. The van der Waals surface area contributed by atoms with Crippen LogP contribution in [0.5, 0.6) is 0 Å². The van der Waals surface area contributed by atoms with Crippen molar-refractivity contribution >= 4 is 28.7 Å². The summed E-state index contributed by atoms with van der Waals surface area (Å²) in [5, 5.41) is 0.565. The molecule has 0 spiro atoms. The predicted molar refractivity (Wildman–Crippen MR) is 123 cm³/mol. The third-order valence-corrected chi connectivity index (χ3v) is 6.50. The van der Waals surface area contributed by atoms with E-state index in [1.165, 1.54) is 55.5 Å². The highest BCUT2D eigenvalue weighted by atomic mass is 32.1. The highest BCUT2D eigenvalue weighted by Gasteiger charge is 2.25. The molecule has 1 heterocycles. The van der Waals surface area contributed by atoms with Crippen molar-refractivity contribution in [2.75, 3.05) is 25.7 Å². The number of esters is 1. The molecule has 1 aromatic carbocycles. The number of carbonyl (C=O) groups is 2. The molecule has 0 saturated heterocycles. The third kappa shape index (κ3) is 6.67. The lowest BCUT2D eigenvalue weighted by Gasteiger charge is -2.23. The van der Waals surface area contributed by atoms with E-state index in [4.69, 9.17) is 9.47 Å². The highest BCUT2D eigenvalue weighted by Crippen LogP contribution is 2.38. The summed E-state index contributed by atoms with van der Waals surface area (Å²) in [4.78, 5) is 26.1. The number of amides is 1. The van der Waals surface area contributed by atoms with E-state index in [1.54, 1.807) is 13.2 Å². The molecule has 1 atom stereocenters. The fourth-order valence-corrected chi connectivity index (χ4v) is 4.77. The molecule has 30 heavy (non-hydrogen) atoms. The van der Waals surface area contributed by atoms with Crippen LogP contribution in [0.15, 0.2) is 36.4 Å². The van der Waals surface area contributed by atoms with Crippen molar-refractivity contribution in [3.05, 3.63) is 42.0 Å². The summed E-state index contributed by atoms with van der Waals surface area (Å²) in [7, 11) is 2.90. The number of rotatable bonds is 7. The Morgan fingerprint density at radius 2 is 1.87 bits per heavy atom. The van der Waals surface area contributed by atoms with Crippen molar-refractivity contribution in [3.63, 3.8) is 0 Å². The summed E-state index contributed by atoms with van der Waals surface area (Å²) in [5.74, 6) is 0.573. The first kappa shape index (κ1) is 24.1. The van der Waals surface area contributed by atoms with E-state index in [1.807, 2.05) is 37.3 Å². The van der Waals surface area contributed by atoms with Crippen molar-refractivity contribution in [1.82, 2.24) is 0 Å². The average molecular weight is 432 g/mol. The Bertz CT molecular complexity index is 784. The fraction of sp³-hybridized carbons (Fsp3) is 0.500. The molecular formula is C24H33NO4S. The van der Waals surface area contributed by atoms with Gasteiger partial charge in [-0.3, -0.25) is 4.79 Å². The van der Waals surface area contributed by atoms with Crippen molar-refractivity contribution in [2.24, 2.45) is 5.92 Å². The first-order valence-electron chi connectivity index (χ1n) is 10.5. The average Bonchev–Trinajstić information content (AvgIpc) is 3.20. The summed E-state index contributed by atoms with van der Waals surface area (Å²) in [5.41, 5.74) is 1.37. The molecule has 2 aromatic rings. The zero-order chi connectivity index (χ0) is 21.9. The van der Waals surface area contributed by atoms with Gasteiger partial charge in [0.15, 0.2) is 0 Å².